The molecule has 0 saturated heterocycles. The van der Waals surface area contributed by atoms with E-state index < -0.39 is 0 Å². The summed E-state index contributed by atoms with van der Waals surface area (Å²) in [4.78, 5) is 21.2. The molecule has 6 nitrogen and oxygen atoms in total. The zero-order chi connectivity index (χ0) is 18.2. The number of hydrogen-bond donors (Lipinski definition) is 2. The van der Waals surface area contributed by atoms with Gasteiger partial charge in [0.15, 0.2) is 0 Å². The number of nitrogens with one attached hydrogen (secondary N) is 2. The van der Waals surface area contributed by atoms with E-state index in [0.29, 0.717) is 24.3 Å². The molecule has 0 unspecified atom stereocenters. The van der Waals surface area contributed by atoms with Crippen LogP contribution in [0.1, 0.15) is 22.5 Å². The van der Waals surface area contributed by atoms with Crippen molar-refractivity contribution in [3.8, 4) is 5.75 Å². The standard InChI is InChI=1S/C20H20N4O2/c21-20(26-18-11-5-2-6-12-18)24(13-7-10-17-14-22-15-23-17)19(25)16-8-3-1-4-9-16/h1-6,8-9,11-12,14-15,21H,7,10,13H2,(H,22,23). The summed E-state index contributed by atoms with van der Waals surface area (Å²) in [5.41, 5.74) is 1.52. The van der Waals surface area contributed by atoms with Crippen LogP contribution in [0.15, 0.2) is 73.2 Å². The van der Waals surface area contributed by atoms with Crippen molar-refractivity contribution in [2.75, 3.05) is 6.54 Å². The minimum atomic E-state index is -0.254. The van der Waals surface area contributed by atoms with Crippen molar-refractivity contribution in [1.29, 1.82) is 5.41 Å². The molecular formula is C20H20N4O2. The number of benzene rings is 2. The van der Waals surface area contributed by atoms with Crippen molar-refractivity contribution >= 4 is 11.9 Å². The van der Waals surface area contributed by atoms with Crippen LogP contribution in [-0.2, 0) is 6.42 Å². The van der Waals surface area contributed by atoms with Crippen molar-refractivity contribution in [2.24, 2.45) is 0 Å². The summed E-state index contributed by atoms with van der Waals surface area (Å²) in [6.07, 6.45) is 4.80. The Kier molecular flexibility index (Phi) is 5.77. The summed E-state index contributed by atoms with van der Waals surface area (Å²) < 4.78 is 5.58. The molecule has 1 heterocycles. The second-order valence-corrected chi connectivity index (χ2v) is 5.72. The zero-order valence-corrected chi connectivity index (χ0v) is 14.3. The number of aromatic nitrogens is 2. The number of amidine groups is 1. The predicted molar refractivity (Wildman–Crippen MR) is 99.2 cm³/mol. The van der Waals surface area contributed by atoms with Crippen molar-refractivity contribution < 1.29 is 9.53 Å². The first-order chi connectivity index (χ1) is 12.7. The molecular weight excluding hydrogens is 328 g/mol. The number of aryl methyl sites for hydroxylation is 1. The maximum Gasteiger partial charge on any atom is 0.297 e. The molecule has 26 heavy (non-hydrogen) atoms. The highest BCUT2D eigenvalue weighted by molar-refractivity contribution is 6.03. The maximum atomic E-state index is 12.9. The van der Waals surface area contributed by atoms with Gasteiger partial charge in [0.2, 0.25) is 0 Å². The van der Waals surface area contributed by atoms with Gasteiger partial charge in [-0.1, -0.05) is 36.4 Å². The number of para-hydroxylation sites is 1. The number of H-pyrrole nitrogens is 1. The Labute approximate surface area is 152 Å². The summed E-state index contributed by atoms with van der Waals surface area (Å²) in [7, 11) is 0. The minimum absolute atomic E-state index is 0.185. The summed E-state index contributed by atoms with van der Waals surface area (Å²) in [6, 6.07) is 17.8. The van der Waals surface area contributed by atoms with E-state index in [1.807, 2.05) is 24.3 Å². The minimum Gasteiger partial charge on any atom is -0.426 e. The van der Waals surface area contributed by atoms with Crippen LogP contribution in [0, 0.1) is 5.41 Å². The fraction of sp³-hybridized carbons (Fsp3) is 0.150. The Morgan fingerprint density at radius 1 is 1.08 bits per heavy atom. The van der Waals surface area contributed by atoms with E-state index in [9.17, 15) is 4.79 Å². The number of amides is 1. The third-order valence-corrected chi connectivity index (χ3v) is 3.85. The molecule has 3 aromatic rings. The number of carbonyl (C=O) groups is 1. The summed E-state index contributed by atoms with van der Waals surface area (Å²) in [5.74, 6) is 0.271. The molecule has 0 radical (unpaired) electrons. The quantitative estimate of drug-likeness (QED) is 0.528. The number of rotatable bonds is 6. The monoisotopic (exact) mass is 348 g/mol. The van der Waals surface area contributed by atoms with E-state index in [1.165, 1.54) is 4.90 Å². The average Bonchev–Trinajstić information content (AvgIpc) is 3.20. The first kappa shape index (κ1) is 17.4. The summed E-state index contributed by atoms with van der Waals surface area (Å²) in [6.45, 7) is 0.373. The number of hydrogen-bond acceptors (Lipinski definition) is 4. The van der Waals surface area contributed by atoms with Crippen molar-refractivity contribution in [3.63, 3.8) is 0 Å². The van der Waals surface area contributed by atoms with E-state index in [0.717, 1.165) is 12.1 Å². The molecule has 0 aliphatic heterocycles. The lowest BCUT2D eigenvalue weighted by molar-refractivity contribution is 0.0825. The van der Waals surface area contributed by atoms with E-state index in [-0.39, 0.29) is 11.9 Å². The number of aromatic amines is 1. The van der Waals surface area contributed by atoms with Crippen LogP contribution in [0.4, 0.5) is 0 Å². The number of nitrogens with zero attached hydrogens (tertiary/aromatic N) is 2. The van der Waals surface area contributed by atoms with Crippen LogP contribution in [0.2, 0.25) is 0 Å². The fourth-order valence-electron chi connectivity index (χ4n) is 2.54. The van der Waals surface area contributed by atoms with Crippen LogP contribution >= 0.6 is 0 Å². The van der Waals surface area contributed by atoms with Gasteiger partial charge in [-0.05, 0) is 37.1 Å². The van der Waals surface area contributed by atoms with Crippen molar-refractivity contribution in [1.82, 2.24) is 14.9 Å². The molecule has 1 aromatic heterocycles. The SMILES string of the molecule is N=C(Oc1ccccc1)N(CCCc1cnc[nH]1)C(=O)c1ccccc1. The molecule has 0 atom stereocenters. The van der Waals surface area contributed by atoms with E-state index in [1.54, 1.807) is 48.9 Å². The molecule has 0 fully saturated rings. The Morgan fingerprint density at radius 2 is 1.77 bits per heavy atom. The molecule has 3 rings (SSSR count). The smallest absolute Gasteiger partial charge is 0.297 e. The highest BCUT2D eigenvalue weighted by Gasteiger charge is 2.21. The number of carbonyl (C=O) groups excluding carboxylic acids is 1. The van der Waals surface area contributed by atoms with Gasteiger partial charge in [0.1, 0.15) is 5.75 Å². The van der Waals surface area contributed by atoms with E-state index in [2.05, 4.69) is 9.97 Å². The third-order valence-electron chi connectivity index (χ3n) is 3.85. The van der Waals surface area contributed by atoms with Gasteiger partial charge in [-0.2, -0.15) is 0 Å². The Balaban J connectivity index is 1.71. The molecule has 0 saturated carbocycles. The number of imidazole rings is 1. The molecule has 132 valence electrons. The summed E-state index contributed by atoms with van der Waals surface area (Å²) in [5, 5.41) is 8.28. The fourth-order valence-corrected chi connectivity index (χ4v) is 2.54. The average molecular weight is 348 g/mol. The lowest BCUT2D eigenvalue weighted by Crippen LogP contribution is -2.40. The zero-order valence-electron chi connectivity index (χ0n) is 14.3. The Morgan fingerprint density at radius 3 is 2.42 bits per heavy atom. The topological polar surface area (TPSA) is 82.1 Å². The van der Waals surface area contributed by atoms with Crippen LogP contribution in [0.25, 0.3) is 0 Å². The van der Waals surface area contributed by atoms with Crippen molar-refractivity contribution in [3.05, 3.63) is 84.4 Å². The van der Waals surface area contributed by atoms with Gasteiger partial charge in [0.05, 0.1) is 6.33 Å². The first-order valence-corrected chi connectivity index (χ1v) is 8.39. The van der Waals surface area contributed by atoms with Gasteiger partial charge in [-0.25, -0.2) is 4.98 Å². The molecule has 1 amide bonds. The third kappa shape index (κ3) is 4.57. The highest BCUT2D eigenvalue weighted by Crippen LogP contribution is 2.13. The molecule has 2 aromatic carbocycles. The Hall–Kier alpha value is -3.41. The van der Waals surface area contributed by atoms with Crippen molar-refractivity contribution in [2.45, 2.75) is 12.8 Å². The largest absolute Gasteiger partial charge is 0.426 e. The van der Waals surface area contributed by atoms with Gasteiger partial charge in [0.25, 0.3) is 11.9 Å². The molecule has 0 spiro atoms. The maximum absolute atomic E-state index is 12.9. The summed E-state index contributed by atoms with van der Waals surface area (Å²) >= 11 is 0. The van der Waals surface area contributed by atoms with Crippen LogP contribution < -0.4 is 4.74 Å². The Bertz CT molecular complexity index is 833. The first-order valence-electron chi connectivity index (χ1n) is 8.39. The highest BCUT2D eigenvalue weighted by atomic mass is 16.5. The van der Waals surface area contributed by atoms with Gasteiger partial charge < -0.3 is 9.72 Å². The lowest BCUT2D eigenvalue weighted by Gasteiger charge is -2.22. The van der Waals surface area contributed by atoms with Gasteiger partial charge in [0, 0.05) is 24.0 Å². The number of ether oxygens (including phenoxy) is 1. The van der Waals surface area contributed by atoms with Gasteiger partial charge in [-0.3, -0.25) is 15.1 Å². The molecule has 6 heteroatoms. The molecule has 0 bridgehead atoms. The van der Waals surface area contributed by atoms with Crippen LogP contribution in [-0.4, -0.2) is 33.3 Å². The lowest BCUT2D eigenvalue weighted by atomic mass is 10.2. The molecule has 0 aliphatic carbocycles. The van der Waals surface area contributed by atoms with E-state index >= 15 is 0 Å². The second kappa shape index (κ2) is 8.62. The van der Waals surface area contributed by atoms with Crippen LogP contribution in [0.5, 0.6) is 5.75 Å². The molecule has 2 N–H and O–H groups in total. The van der Waals surface area contributed by atoms with Crippen LogP contribution in [0.3, 0.4) is 0 Å². The van der Waals surface area contributed by atoms with Gasteiger partial charge in [-0.15, -0.1) is 0 Å². The second-order valence-electron chi connectivity index (χ2n) is 5.72. The predicted octanol–water partition coefficient (Wildman–Crippen LogP) is 3.50. The van der Waals surface area contributed by atoms with E-state index in [4.69, 9.17) is 10.1 Å². The van der Waals surface area contributed by atoms with Gasteiger partial charge >= 0.3 is 0 Å². The molecule has 0 aliphatic rings. The normalized spacial score (nSPS) is 10.3.